The van der Waals surface area contributed by atoms with Crippen LogP contribution in [0.15, 0.2) is 55.1 Å². The summed E-state index contributed by atoms with van der Waals surface area (Å²) in [5.74, 6) is 2.55. The number of allylic oxidation sites excluding steroid dienone is 1. The highest BCUT2D eigenvalue weighted by Crippen LogP contribution is 2.39. The van der Waals surface area contributed by atoms with Crippen LogP contribution in [-0.4, -0.2) is 26.3 Å². The molecule has 0 unspecified atom stereocenters. The SMILES string of the molecule is C=C(C1CCCCC1)N(CC1CCC(c2ccc(CC)c(C#N)n2)CC1)c1cc(-c2cnn(C(C)C)c2)ccn1.CC. The summed E-state index contributed by atoms with van der Waals surface area (Å²) < 4.78 is 2.01. The van der Waals surface area contributed by atoms with Gasteiger partial charge in [0.1, 0.15) is 17.6 Å². The molecule has 0 aliphatic heterocycles. The zero-order valence-electron chi connectivity index (χ0n) is 26.5. The first-order chi connectivity index (χ1) is 20.5. The van der Waals surface area contributed by atoms with Crippen molar-refractivity contribution in [2.75, 3.05) is 11.4 Å². The molecule has 0 amide bonds. The second-order valence-corrected chi connectivity index (χ2v) is 12.1. The topological polar surface area (TPSA) is 70.6 Å². The van der Waals surface area contributed by atoms with Gasteiger partial charge >= 0.3 is 0 Å². The molecule has 3 aromatic heterocycles. The van der Waals surface area contributed by atoms with E-state index in [1.165, 1.54) is 37.8 Å². The Kier molecular flexibility index (Phi) is 11.3. The number of aryl methyl sites for hydroxylation is 1. The molecule has 5 rings (SSSR count). The van der Waals surface area contributed by atoms with Gasteiger partial charge in [-0.3, -0.25) is 4.68 Å². The van der Waals surface area contributed by atoms with Crippen molar-refractivity contribution in [2.24, 2.45) is 11.8 Å². The molecular weight excluding hydrogens is 516 g/mol. The average Bonchev–Trinajstić information content (AvgIpc) is 3.56. The van der Waals surface area contributed by atoms with E-state index in [0.717, 1.165) is 66.9 Å². The van der Waals surface area contributed by atoms with E-state index in [9.17, 15) is 5.26 Å². The van der Waals surface area contributed by atoms with Gasteiger partial charge in [0.15, 0.2) is 0 Å². The summed E-state index contributed by atoms with van der Waals surface area (Å²) >= 11 is 0. The highest BCUT2D eigenvalue weighted by molar-refractivity contribution is 5.66. The number of hydrogen-bond acceptors (Lipinski definition) is 5. The maximum absolute atomic E-state index is 9.56. The van der Waals surface area contributed by atoms with Crippen LogP contribution in [-0.2, 0) is 6.42 Å². The first-order valence-corrected chi connectivity index (χ1v) is 16.3. The summed E-state index contributed by atoms with van der Waals surface area (Å²) in [7, 11) is 0. The van der Waals surface area contributed by atoms with E-state index in [4.69, 9.17) is 9.97 Å². The second-order valence-electron chi connectivity index (χ2n) is 12.1. The van der Waals surface area contributed by atoms with Gasteiger partial charge in [-0.05, 0) is 100.0 Å². The van der Waals surface area contributed by atoms with E-state index in [1.54, 1.807) is 0 Å². The minimum Gasteiger partial charge on any atom is -0.330 e. The van der Waals surface area contributed by atoms with Crippen molar-refractivity contribution in [3.8, 4) is 17.2 Å². The summed E-state index contributed by atoms with van der Waals surface area (Å²) in [6, 6.07) is 11.2. The Hall–Kier alpha value is -3.46. The lowest BCUT2D eigenvalue weighted by atomic mass is 9.79. The smallest absolute Gasteiger partial charge is 0.143 e. The standard InChI is InChI=1S/C34H44N6.C2H6/c1-5-27-15-16-32(38-33(27)20-35)29-13-11-26(12-14-29)22-39(25(4)28-9-7-6-8-10-28)34-19-30(17-18-36-34)31-21-37-40(23-31)24(2)3;1-2/h15-19,21,23-24,26,28-29H,4-14,22H2,1-3H3;1-2H3. The Morgan fingerprint density at radius 2 is 1.79 bits per heavy atom. The van der Waals surface area contributed by atoms with Gasteiger partial charge in [0.25, 0.3) is 0 Å². The number of anilines is 1. The zero-order valence-corrected chi connectivity index (χ0v) is 26.5. The average molecular weight is 567 g/mol. The van der Waals surface area contributed by atoms with Crippen LogP contribution in [0.5, 0.6) is 0 Å². The van der Waals surface area contributed by atoms with Crippen LogP contribution in [0, 0.1) is 23.2 Å². The molecule has 0 bridgehead atoms. The Morgan fingerprint density at radius 3 is 2.43 bits per heavy atom. The molecular formula is C36H50N6. The summed E-state index contributed by atoms with van der Waals surface area (Å²) in [4.78, 5) is 12.1. The molecule has 2 aliphatic carbocycles. The van der Waals surface area contributed by atoms with Crippen LogP contribution in [0.2, 0.25) is 0 Å². The molecule has 42 heavy (non-hydrogen) atoms. The van der Waals surface area contributed by atoms with Crippen LogP contribution in [0.4, 0.5) is 5.82 Å². The minimum absolute atomic E-state index is 0.332. The first-order valence-electron chi connectivity index (χ1n) is 16.3. The Morgan fingerprint density at radius 1 is 1.05 bits per heavy atom. The van der Waals surface area contributed by atoms with Crippen molar-refractivity contribution in [3.05, 3.63) is 72.1 Å². The molecule has 2 aliphatic rings. The minimum atomic E-state index is 0.332. The van der Waals surface area contributed by atoms with Crippen molar-refractivity contribution in [1.29, 1.82) is 5.26 Å². The maximum atomic E-state index is 9.56. The summed E-state index contributed by atoms with van der Waals surface area (Å²) in [5.41, 5.74) is 6.24. The van der Waals surface area contributed by atoms with Crippen LogP contribution < -0.4 is 4.90 Å². The molecule has 0 N–H and O–H groups in total. The predicted molar refractivity (Wildman–Crippen MR) is 173 cm³/mol. The van der Waals surface area contributed by atoms with Gasteiger partial charge < -0.3 is 4.90 Å². The van der Waals surface area contributed by atoms with Gasteiger partial charge in [-0.15, -0.1) is 0 Å². The van der Waals surface area contributed by atoms with E-state index in [1.807, 2.05) is 30.9 Å². The van der Waals surface area contributed by atoms with Gasteiger partial charge in [-0.2, -0.15) is 10.4 Å². The normalized spacial score (nSPS) is 19.1. The third-order valence-electron chi connectivity index (χ3n) is 9.10. The number of nitriles is 1. The number of nitrogens with zero attached hydrogens (tertiary/aromatic N) is 6. The number of aromatic nitrogens is 4. The van der Waals surface area contributed by atoms with Crippen LogP contribution in [0.3, 0.4) is 0 Å². The zero-order chi connectivity index (χ0) is 30.1. The highest BCUT2D eigenvalue weighted by atomic mass is 15.3. The number of rotatable bonds is 9. The Bertz CT molecular complexity index is 1330. The van der Waals surface area contributed by atoms with E-state index in [2.05, 4.69) is 73.9 Å². The van der Waals surface area contributed by atoms with Crippen molar-refractivity contribution in [2.45, 2.75) is 111 Å². The molecule has 3 aromatic rings. The fraction of sp³-hybridized carbons (Fsp3) is 0.556. The van der Waals surface area contributed by atoms with Crippen molar-refractivity contribution in [3.63, 3.8) is 0 Å². The lowest BCUT2D eigenvalue weighted by Gasteiger charge is -2.37. The number of pyridine rings is 2. The molecule has 0 aromatic carbocycles. The van der Waals surface area contributed by atoms with Crippen LogP contribution in [0.1, 0.15) is 121 Å². The molecule has 3 heterocycles. The second kappa shape index (κ2) is 15.1. The van der Waals surface area contributed by atoms with Gasteiger partial charge in [-0.25, -0.2) is 9.97 Å². The quantitative estimate of drug-likeness (QED) is 0.258. The molecule has 224 valence electrons. The van der Waals surface area contributed by atoms with E-state index < -0.39 is 0 Å². The third kappa shape index (κ3) is 7.48. The number of hydrogen-bond donors (Lipinski definition) is 0. The van der Waals surface area contributed by atoms with Gasteiger partial charge in [0, 0.05) is 47.9 Å². The summed E-state index contributed by atoms with van der Waals surface area (Å²) in [6.45, 7) is 16.0. The summed E-state index contributed by atoms with van der Waals surface area (Å²) in [6.07, 6.45) is 17.8. The molecule has 0 atom stereocenters. The van der Waals surface area contributed by atoms with Crippen molar-refractivity contribution < 1.29 is 0 Å². The third-order valence-corrected chi connectivity index (χ3v) is 9.10. The van der Waals surface area contributed by atoms with Gasteiger partial charge in [0.2, 0.25) is 0 Å². The lowest BCUT2D eigenvalue weighted by molar-refractivity contribution is 0.320. The predicted octanol–water partition coefficient (Wildman–Crippen LogP) is 9.26. The van der Waals surface area contributed by atoms with E-state index in [0.29, 0.717) is 29.5 Å². The lowest BCUT2D eigenvalue weighted by Crippen LogP contribution is -2.34. The molecule has 6 nitrogen and oxygen atoms in total. The molecule has 0 saturated heterocycles. The first kappa shape index (κ1) is 31.5. The van der Waals surface area contributed by atoms with Crippen LogP contribution in [0.25, 0.3) is 11.1 Å². The monoisotopic (exact) mass is 566 g/mol. The molecule has 0 spiro atoms. The fourth-order valence-electron chi connectivity index (χ4n) is 6.54. The van der Waals surface area contributed by atoms with Gasteiger partial charge in [0.05, 0.1) is 6.20 Å². The Labute approximate surface area is 253 Å². The Balaban J connectivity index is 0.00000198. The van der Waals surface area contributed by atoms with E-state index in [-0.39, 0.29) is 0 Å². The largest absolute Gasteiger partial charge is 0.330 e. The van der Waals surface area contributed by atoms with Gasteiger partial charge in [-0.1, -0.05) is 52.7 Å². The maximum Gasteiger partial charge on any atom is 0.143 e. The molecule has 6 heteroatoms. The molecule has 2 fully saturated rings. The van der Waals surface area contributed by atoms with E-state index >= 15 is 0 Å². The van der Waals surface area contributed by atoms with Crippen molar-refractivity contribution in [1.82, 2.24) is 19.7 Å². The molecule has 0 radical (unpaired) electrons. The highest BCUT2D eigenvalue weighted by Gasteiger charge is 2.29. The fourth-order valence-corrected chi connectivity index (χ4v) is 6.54. The van der Waals surface area contributed by atoms with Crippen molar-refractivity contribution >= 4 is 5.82 Å². The molecule has 2 saturated carbocycles. The van der Waals surface area contributed by atoms with Crippen LogP contribution >= 0.6 is 0 Å². The summed E-state index contributed by atoms with van der Waals surface area (Å²) in [5, 5.41) is 14.1.